The van der Waals surface area contributed by atoms with Crippen LogP contribution in [0, 0.1) is 5.92 Å². The number of rotatable bonds is 5. The normalized spacial score (nSPS) is 37.0. The number of fused-ring (bicyclic) bond motifs is 3. The maximum Gasteiger partial charge on any atom is 0.328 e. The molecule has 3 fully saturated rings. The summed E-state index contributed by atoms with van der Waals surface area (Å²) >= 11 is 0. The predicted molar refractivity (Wildman–Crippen MR) is 97.1 cm³/mol. The second kappa shape index (κ2) is 8.15. The van der Waals surface area contributed by atoms with E-state index >= 15 is 0 Å². The first kappa shape index (κ1) is 21.9. The molecular weight excluding hydrogens is 386 g/mol. The highest BCUT2D eigenvalue weighted by Crippen LogP contribution is 2.42. The van der Waals surface area contributed by atoms with Crippen molar-refractivity contribution < 1.29 is 38.1 Å². The van der Waals surface area contributed by atoms with Crippen LogP contribution in [0.3, 0.4) is 0 Å². The Hall–Kier alpha value is -1.79. The number of carbonyl (C=O) groups excluding carboxylic acids is 3. The molecule has 11 nitrogen and oxygen atoms in total. The van der Waals surface area contributed by atoms with Gasteiger partial charge >= 0.3 is 5.97 Å². The second-order valence-electron chi connectivity index (χ2n) is 8.05. The summed E-state index contributed by atoms with van der Waals surface area (Å²) in [5.41, 5.74) is 5.68. The van der Waals surface area contributed by atoms with E-state index < -0.39 is 72.2 Å². The standard InChI is InChI=1S/C18H29N3O8/c1-7(19)14(22)21-10-9(15(23)20-8(2)16(24)25-5)6-26-12-11(10)27-17-13(12)28-18(3,4)29-17/h7-13,17H,6,19H2,1-5H3,(H,20,23)(H,21,22)/t7-,8-,9-,10-,11+,12-,13+,17+/m0/s1. The van der Waals surface area contributed by atoms with Crippen LogP contribution in [-0.2, 0) is 38.1 Å². The number of carbonyl (C=O) groups is 3. The lowest BCUT2D eigenvalue weighted by Crippen LogP contribution is -2.63. The Bertz CT molecular complexity index is 669. The van der Waals surface area contributed by atoms with E-state index in [1.54, 1.807) is 20.8 Å². The molecule has 11 heteroatoms. The Labute approximate surface area is 168 Å². The second-order valence-corrected chi connectivity index (χ2v) is 8.05. The summed E-state index contributed by atoms with van der Waals surface area (Å²) < 4.78 is 28.1. The van der Waals surface area contributed by atoms with Crippen molar-refractivity contribution in [3.63, 3.8) is 0 Å². The minimum atomic E-state index is -0.855. The molecule has 3 rings (SSSR count). The zero-order chi connectivity index (χ0) is 21.5. The quantitative estimate of drug-likeness (QED) is 0.451. The molecule has 4 N–H and O–H groups in total. The third-order valence-corrected chi connectivity index (χ3v) is 5.26. The molecule has 0 unspecified atom stereocenters. The highest BCUT2D eigenvalue weighted by atomic mass is 16.8. The van der Waals surface area contributed by atoms with Crippen LogP contribution in [-0.4, -0.2) is 80.0 Å². The van der Waals surface area contributed by atoms with Crippen LogP contribution in [0.2, 0.25) is 0 Å². The van der Waals surface area contributed by atoms with E-state index in [-0.39, 0.29) is 6.61 Å². The number of nitrogens with one attached hydrogen (secondary N) is 2. The Morgan fingerprint density at radius 3 is 2.45 bits per heavy atom. The van der Waals surface area contributed by atoms with Gasteiger partial charge in [-0.15, -0.1) is 0 Å². The largest absolute Gasteiger partial charge is 0.467 e. The maximum absolute atomic E-state index is 12.8. The van der Waals surface area contributed by atoms with E-state index in [4.69, 9.17) is 24.7 Å². The van der Waals surface area contributed by atoms with Crippen LogP contribution in [0.1, 0.15) is 27.7 Å². The average molecular weight is 415 g/mol. The van der Waals surface area contributed by atoms with Crippen molar-refractivity contribution in [2.75, 3.05) is 13.7 Å². The van der Waals surface area contributed by atoms with E-state index in [1.807, 2.05) is 0 Å². The fraction of sp³-hybridized carbons (Fsp3) is 0.833. The van der Waals surface area contributed by atoms with Crippen molar-refractivity contribution in [3.05, 3.63) is 0 Å². The molecule has 3 aliphatic rings. The maximum atomic E-state index is 12.8. The van der Waals surface area contributed by atoms with Crippen molar-refractivity contribution in [1.82, 2.24) is 10.6 Å². The van der Waals surface area contributed by atoms with Gasteiger partial charge in [-0.3, -0.25) is 9.59 Å². The van der Waals surface area contributed by atoms with E-state index in [1.165, 1.54) is 14.0 Å². The van der Waals surface area contributed by atoms with Crippen molar-refractivity contribution >= 4 is 17.8 Å². The Kier molecular flexibility index (Phi) is 6.16. The fourth-order valence-electron chi connectivity index (χ4n) is 3.80. The Balaban J connectivity index is 1.78. The summed E-state index contributed by atoms with van der Waals surface area (Å²) in [6, 6.07) is -2.37. The van der Waals surface area contributed by atoms with Crippen LogP contribution in [0.15, 0.2) is 0 Å². The molecule has 0 aromatic rings. The van der Waals surface area contributed by atoms with Gasteiger partial charge in [0.2, 0.25) is 11.8 Å². The smallest absolute Gasteiger partial charge is 0.328 e. The van der Waals surface area contributed by atoms with Crippen LogP contribution >= 0.6 is 0 Å². The molecule has 0 radical (unpaired) electrons. The minimum Gasteiger partial charge on any atom is -0.467 e. The molecule has 0 aliphatic carbocycles. The molecule has 3 aliphatic heterocycles. The number of hydrogen-bond acceptors (Lipinski definition) is 9. The first-order valence-electron chi connectivity index (χ1n) is 9.61. The fourth-order valence-corrected chi connectivity index (χ4v) is 3.80. The van der Waals surface area contributed by atoms with E-state index in [0.29, 0.717) is 0 Å². The Morgan fingerprint density at radius 1 is 1.14 bits per heavy atom. The highest BCUT2D eigenvalue weighted by Gasteiger charge is 2.61. The lowest BCUT2D eigenvalue weighted by Gasteiger charge is -2.40. The van der Waals surface area contributed by atoms with Gasteiger partial charge in [-0.05, 0) is 27.7 Å². The topological polar surface area (TPSA) is 147 Å². The molecule has 29 heavy (non-hydrogen) atoms. The summed E-state index contributed by atoms with van der Waals surface area (Å²) in [5, 5.41) is 5.37. The van der Waals surface area contributed by atoms with Gasteiger partial charge in [0.05, 0.1) is 31.7 Å². The minimum absolute atomic E-state index is 0.00115. The van der Waals surface area contributed by atoms with Gasteiger partial charge in [-0.2, -0.15) is 0 Å². The van der Waals surface area contributed by atoms with Crippen LogP contribution in [0.5, 0.6) is 0 Å². The zero-order valence-electron chi connectivity index (χ0n) is 17.2. The Morgan fingerprint density at radius 2 is 1.83 bits per heavy atom. The number of hydrogen-bond donors (Lipinski definition) is 3. The molecule has 2 amide bonds. The van der Waals surface area contributed by atoms with E-state index in [2.05, 4.69) is 15.4 Å². The van der Waals surface area contributed by atoms with Crippen LogP contribution in [0.4, 0.5) is 0 Å². The third kappa shape index (κ3) is 4.38. The summed E-state index contributed by atoms with van der Waals surface area (Å²) in [6.07, 6.45) is -2.36. The van der Waals surface area contributed by atoms with Gasteiger partial charge in [0, 0.05) is 0 Å². The lowest BCUT2D eigenvalue weighted by molar-refractivity contribution is -0.233. The van der Waals surface area contributed by atoms with Crippen molar-refractivity contribution in [2.45, 2.75) is 76.2 Å². The average Bonchev–Trinajstić information content (AvgIpc) is 3.12. The monoisotopic (exact) mass is 415 g/mol. The van der Waals surface area contributed by atoms with Gasteiger partial charge in [-0.25, -0.2) is 4.79 Å². The number of nitrogens with two attached hydrogens (primary N) is 1. The van der Waals surface area contributed by atoms with Gasteiger partial charge in [-0.1, -0.05) is 0 Å². The number of amides is 2. The lowest BCUT2D eigenvalue weighted by atomic mass is 9.87. The van der Waals surface area contributed by atoms with Gasteiger partial charge in [0.25, 0.3) is 0 Å². The van der Waals surface area contributed by atoms with Gasteiger partial charge < -0.3 is 40.1 Å². The van der Waals surface area contributed by atoms with Crippen molar-refractivity contribution in [3.8, 4) is 0 Å². The molecule has 0 spiro atoms. The highest BCUT2D eigenvalue weighted by molar-refractivity contribution is 5.87. The molecule has 164 valence electrons. The van der Waals surface area contributed by atoms with Crippen LogP contribution < -0.4 is 16.4 Å². The molecule has 8 atom stereocenters. The molecule has 0 aromatic heterocycles. The molecule has 3 saturated heterocycles. The van der Waals surface area contributed by atoms with Crippen LogP contribution in [0.25, 0.3) is 0 Å². The first-order valence-corrected chi connectivity index (χ1v) is 9.61. The zero-order valence-corrected chi connectivity index (χ0v) is 17.2. The molecular formula is C18H29N3O8. The first-order chi connectivity index (χ1) is 13.5. The molecule has 0 bridgehead atoms. The van der Waals surface area contributed by atoms with Crippen molar-refractivity contribution in [1.29, 1.82) is 0 Å². The van der Waals surface area contributed by atoms with Gasteiger partial charge in [0.1, 0.15) is 24.4 Å². The summed E-state index contributed by atoms with van der Waals surface area (Å²) in [6.45, 7) is 6.59. The summed E-state index contributed by atoms with van der Waals surface area (Å²) in [5.74, 6) is -3.12. The summed E-state index contributed by atoms with van der Waals surface area (Å²) in [4.78, 5) is 36.8. The molecule has 0 saturated carbocycles. The molecule has 0 aromatic carbocycles. The molecule has 3 heterocycles. The van der Waals surface area contributed by atoms with E-state index in [9.17, 15) is 14.4 Å². The number of esters is 1. The third-order valence-electron chi connectivity index (χ3n) is 5.26. The number of ether oxygens (including phenoxy) is 5. The summed E-state index contributed by atoms with van der Waals surface area (Å²) in [7, 11) is 1.23. The SMILES string of the molecule is COC(=O)[C@H](C)NC(=O)[C@H]1CO[C@H]2[C@H](O[C@@H]3OC(C)(C)O[C@@H]32)[C@H]1NC(=O)[C@H](C)N. The van der Waals surface area contributed by atoms with E-state index in [0.717, 1.165) is 0 Å². The predicted octanol–water partition coefficient (Wildman–Crippen LogP) is -1.61. The van der Waals surface area contributed by atoms with Crippen molar-refractivity contribution in [2.24, 2.45) is 11.7 Å². The van der Waals surface area contributed by atoms with Gasteiger partial charge in [0.15, 0.2) is 12.1 Å². The number of methoxy groups -OCH3 is 1.